The monoisotopic (exact) mass is 352 g/mol. The number of halogens is 4. The number of rotatable bonds is 3. The van der Waals surface area contributed by atoms with Gasteiger partial charge in [-0.1, -0.05) is 36.2 Å². The minimum atomic E-state index is -0.690. The van der Waals surface area contributed by atoms with E-state index in [-0.39, 0.29) is 16.4 Å². The van der Waals surface area contributed by atoms with Crippen LogP contribution in [0.3, 0.4) is 0 Å². The number of hydrogen-bond acceptors (Lipinski definition) is 1. The van der Waals surface area contributed by atoms with Crippen LogP contribution in [0.15, 0.2) is 42.5 Å². The third kappa shape index (κ3) is 2.84. The lowest BCUT2D eigenvalue weighted by atomic mass is 10.1. The molecule has 0 radical (unpaired) electrons. The first kappa shape index (κ1) is 16.0. The summed E-state index contributed by atoms with van der Waals surface area (Å²) in [4.78, 5) is 4.25. The minimum Gasteiger partial charge on any atom is -0.295 e. The van der Waals surface area contributed by atoms with Crippen molar-refractivity contribution in [3.8, 4) is 16.9 Å². The average Bonchev–Trinajstić information content (AvgIpc) is 2.85. The highest BCUT2D eigenvalue weighted by Crippen LogP contribution is 2.35. The van der Waals surface area contributed by atoms with Gasteiger partial charge in [-0.25, -0.2) is 13.8 Å². The molecule has 0 unspecified atom stereocenters. The van der Waals surface area contributed by atoms with Gasteiger partial charge in [0.2, 0.25) is 0 Å². The fourth-order valence-electron chi connectivity index (χ4n) is 2.48. The Balaban J connectivity index is 2.33. The van der Waals surface area contributed by atoms with Crippen LogP contribution in [0.25, 0.3) is 16.9 Å². The molecule has 23 heavy (non-hydrogen) atoms. The molecule has 1 aromatic heterocycles. The molecule has 2 aromatic carbocycles. The summed E-state index contributed by atoms with van der Waals surface area (Å²) in [6.45, 7) is 1.90. The molecule has 1 heterocycles. The second kappa shape index (κ2) is 6.30. The van der Waals surface area contributed by atoms with Crippen LogP contribution in [0, 0.1) is 11.6 Å². The van der Waals surface area contributed by atoms with Crippen molar-refractivity contribution in [3.05, 3.63) is 70.1 Å². The third-order valence-electron chi connectivity index (χ3n) is 3.50. The third-order valence-corrected chi connectivity index (χ3v) is 4.02. The number of aromatic nitrogens is 2. The van der Waals surface area contributed by atoms with Crippen LogP contribution in [-0.2, 0) is 6.42 Å². The molecule has 0 bridgehead atoms. The normalized spacial score (nSPS) is 11.0. The molecule has 2 nitrogen and oxygen atoms in total. The Morgan fingerprint density at radius 3 is 2.17 bits per heavy atom. The van der Waals surface area contributed by atoms with Gasteiger partial charge < -0.3 is 0 Å². The van der Waals surface area contributed by atoms with E-state index in [0.29, 0.717) is 23.0 Å². The lowest BCUT2D eigenvalue weighted by Crippen LogP contribution is -2.04. The molecule has 0 aliphatic heterocycles. The Morgan fingerprint density at radius 1 is 1.00 bits per heavy atom. The average molecular weight is 353 g/mol. The van der Waals surface area contributed by atoms with E-state index in [1.165, 1.54) is 18.2 Å². The van der Waals surface area contributed by atoms with E-state index in [4.69, 9.17) is 23.2 Å². The van der Waals surface area contributed by atoms with Crippen molar-refractivity contribution in [1.82, 2.24) is 9.55 Å². The van der Waals surface area contributed by atoms with E-state index < -0.39 is 11.6 Å². The Morgan fingerprint density at radius 2 is 1.61 bits per heavy atom. The zero-order valence-corrected chi connectivity index (χ0v) is 13.7. The topological polar surface area (TPSA) is 17.8 Å². The van der Waals surface area contributed by atoms with Crippen molar-refractivity contribution in [2.45, 2.75) is 13.3 Å². The van der Waals surface area contributed by atoms with Crippen LogP contribution in [0.5, 0.6) is 0 Å². The predicted octanol–water partition coefficient (Wildman–Crippen LogP) is 5.69. The maximum Gasteiger partial charge on any atom is 0.156 e. The summed E-state index contributed by atoms with van der Waals surface area (Å²) in [5, 5.41) is 0.623. The van der Waals surface area contributed by atoms with Gasteiger partial charge >= 0.3 is 0 Å². The van der Waals surface area contributed by atoms with Crippen molar-refractivity contribution >= 4 is 23.2 Å². The van der Waals surface area contributed by atoms with Crippen molar-refractivity contribution in [2.24, 2.45) is 0 Å². The van der Waals surface area contributed by atoms with E-state index >= 15 is 0 Å². The second-order valence-electron chi connectivity index (χ2n) is 4.93. The Hall–Kier alpha value is -1.91. The highest BCUT2D eigenvalue weighted by atomic mass is 35.5. The molecule has 0 fully saturated rings. The molecule has 0 atom stereocenters. The number of nitrogens with zero attached hydrogens (tertiary/aromatic N) is 2. The molecular formula is C17H12Cl2F2N2. The molecule has 0 spiro atoms. The Kier molecular flexibility index (Phi) is 4.37. The maximum absolute atomic E-state index is 14.2. The molecule has 3 aromatic rings. The number of benzene rings is 2. The van der Waals surface area contributed by atoms with E-state index in [2.05, 4.69) is 4.98 Å². The van der Waals surface area contributed by atoms with Crippen LogP contribution in [0.1, 0.15) is 12.7 Å². The van der Waals surface area contributed by atoms with Gasteiger partial charge in [-0.3, -0.25) is 4.57 Å². The summed E-state index contributed by atoms with van der Waals surface area (Å²) in [6.07, 6.45) is 0.554. The van der Waals surface area contributed by atoms with E-state index in [0.717, 1.165) is 0 Å². The fourth-order valence-corrected chi connectivity index (χ4v) is 2.88. The summed E-state index contributed by atoms with van der Waals surface area (Å²) in [6, 6.07) is 10.6. The van der Waals surface area contributed by atoms with Gasteiger partial charge in [-0.05, 0) is 36.4 Å². The molecule has 6 heteroatoms. The summed E-state index contributed by atoms with van der Waals surface area (Å²) in [5.41, 5.74) is 0.685. The maximum atomic E-state index is 14.2. The van der Waals surface area contributed by atoms with E-state index in [9.17, 15) is 8.78 Å². The van der Waals surface area contributed by atoms with E-state index in [1.54, 1.807) is 28.8 Å². The first-order valence-electron chi connectivity index (χ1n) is 7.00. The first-order chi connectivity index (χ1) is 11.0. The highest BCUT2D eigenvalue weighted by molar-refractivity contribution is 6.32. The molecule has 3 rings (SSSR count). The number of aryl methyl sites for hydroxylation is 1. The summed E-state index contributed by atoms with van der Waals surface area (Å²) >= 11 is 12.1. The van der Waals surface area contributed by atoms with Gasteiger partial charge in [0, 0.05) is 17.1 Å². The fraction of sp³-hybridized carbons (Fsp3) is 0.118. The summed E-state index contributed by atoms with van der Waals surface area (Å²) in [5.74, 6) is -0.774. The molecule has 0 N–H and O–H groups in total. The molecule has 0 saturated carbocycles. The summed E-state index contributed by atoms with van der Waals surface area (Å²) < 4.78 is 30.1. The van der Waals surface area contributed by atoms with Crippen LogP contribution < -0.4 is 0 Å². The van der Waals surface area contributed by atoms with Gasteiger partial charge in [0.25, 0.3) is 0 Å². The molecule has 0 aliphatic carbocycles. The molecule has 0 saturated heterocycles. The van der Waals surface area contributed by atoms with Crippen LogP contribution in [0.4, 0.5) is 8.78 Å². The SMILES string of the molecule is CCc1nc(Cl)c(-c2c(F)cccc2F)n1-c1ccc(Cl)cc1. The quantitative estimate of drug-likeness (QED) is 0.592. The molecule has 0 amide bonds. The first-order valence-corrected chi connectivity index (χ1v) is 7.76. The molecule has 0 aliphatic rings. The Labute approximate surface area is 142 Å². The standard InChI is InChI=1S/C17H12Cl2F2N2/c1-2-14-22-17(19)16(15-12(20)4-3-5-13(15)21)23(14)11-8-6-10(18)7-9-11/h3-9H,2H2,1H3. The zero-order chi connectivity index (χ0) is 16.6. The molecule has 118 valence electrons. The number of imidazole rings is 1. The Bertz CT molecular complexity index is 838. The lowest BCUT2D eigenvalue weighted by molar-refractivity contribution is 0.588. The van der Waals surface area contributed by atoms with Gasteiger partial charge in [-0.2, -0.15) is 0 Å². The summed E-state index contributed by atoms with van der Waals surface area (Å²) in [7, 11) is 0. The number of hydrogen-bond donors (Lipinski definition) is 0. The zero-order valence-electron chi connectivity index (χ0n) is 12.2. The van der Waals surface area contributed by atoms with Crippen molar-refractivity contribution in [2.75, 3.05) is 0 Å². The van der Waals surface area contributed by atoms with Crippen molar-refractivity contribution < 1.29 is 8.78 Å². The smallest absolute Gasteiger partial charge is 0.156 e. The van der Waals surface area contributed by atoms with E-state index in [1.807, 2.05) is 6.92 Å². The van der Waals surface area contributed by atoms with Crippen LogP contribution in [-0.4, -0.2) is 9.55 Å². The largest absolute Gasteiger partial charge is 0.295 e. The minimum absolute atomic E-state index is 0.0563. The van der Waals surface area contributed by atoms with Crippen molar-refractivity contribution in [1.29, 1.82) is 0 Å². The molecular weight excluding hydrogens is 341 g/mol. The highest BCUT2D eigenvalue weighted by Gasteiger charge is 2.23. The van der Waals surface area contributed by atoms with Gasteiger partial charge in [0.15, 0.2) is 5.15 Å². The van der Waals surface area contributed by atoms with Gasteiger partial charge in [0.1, 0.15) is 17.5 Å². The van der Waals surface area contributed by atoms with Crippen LogP contribution in [0.2, 0.25) is 10.2 Å². The van der Waals surface area contributed by atoms with Crippen molar-refractivity contribution in [3.63, 3.8) is 0 Å². The van der Waals surface area contributed by atoms with Gasteiger partial charge in [-0.15, -0.1) is 0 Å². The predicted molar refractivity (Wildman–Crippen MR) is 88.3 cm³/mol. The lowest BCUT2D eigenvalue weighted by Gasteiger charge is -2.13. The van der Waals surface area contributed by atoms with Gasteiger partial charge in [0.05, 0.1) is 11.3 Å². The van der Waals surface area contributed by atoms with Crippen LogP contribution >= 0.6 is 23.2 Å². The second-order valence-corrected chi connectivity index (χ2v) is 5.72.